The van der Waals surface area contributed by atoms with Gasteiger partial charge in [0.1, 0.15) is 5.92 Å². The molecular formula is C23H15Cl2N3O5. The Morgan fingerprint density at radius 1 is 0.848 bits per heavy atom. The minimum absolute atomic E-state index is 0.0845. The maximum absolute atomic E-state index is 13.6. The number of nitro benzene ring substituents is 1. The van der Waals surface area contributed by atoms with E-state index >= 15 is 0 Å². The molecule has 166 valence electrons. The SMILES string of the molecule is O=C1[C@@H]2[C@@H](c3ccc([N+](=O)[O-])cc3)N(c3ccccc3)O[C@H]2C(=O)N1c1c(Cl)cccc1Cl. The summed E-state index contributed by atoms with van der Waals surface area (Å²) in [7, 11) is 0. The van der Waals surface area contributed by atoms with E-state index < -0.39 is 34.8 Å². The standard InChI is InChI=1S/C23H15Cl2N3O5/c24-16-7-4-8-17(25)20(16)26-22(29)18-19(13-9-11-15(12-10-13)28(31)32)27(33-21(18)23(26)30)14-5-2-1-3-6-14/h1-12,18-19,21H/t18-,19-,21-/m1/s1. The van der Waals surface area contributed by atoms with E-state index in [-0.39, 0.29) is 21.4 Å². The zero-order chi connectivity index (χ0) is 23.3. The number of amides is 2. The van der Waals surface area contributed by atoms with Crippen molar-refractivity contribution >= 4 is 52.1 Å². The molecule has 0 aromatic heterocycles. The Kier molecular flexibility index (Phi) is 5.28. The molecule has 0 radical (unpaired) electrons. The molecule has 2 heterocycles. The molecule has 0 aliphatic carbocycles. The summed E-state index contributed by atoms with van der Waals surface area (Å²) in [5, 5.41) is 12.9. The topological polar surface area (TPSA) is 93.0 Å². The number of nitrogens with zero attached hydrogens (tertiary/aromatic N) is 3. The number of non-ortho nitro benzene ring substituents is 1. The van der Waals surface area contributed by atoms with Gasteiger partial charge in [0.05, 0.1) is 32.4 Å². The van der Waals surface area contributed by atoms with Crippen molar-refractivity contribution in [3.8, 4) is 0 Å². The number of carbonyl (C=O) groups excluding carboxylic acids is 2. The highest BCUT2D eigenvalue weighted by Crippen LogP contribution is 2.49. The molecule has 0 bridgehead atoms. The Labute approximate surface area is 198 Å². The molecular weight excluding hydrogens is 469 g/mol. The number of halogens is 2. The van der Waals surface area contributed by atoms with Crippen LogP contribution in [0.3, 0.4) is 0 Å². The van der Waals surface area contributed by atoms with Crippen LogP contribution >= 0.6 is 23.2 Å². The van der Waals surface area contributed by atoms with E-state index in [2.05, 4.69) is 0 Å². The maximum Gasteiger partial charge on any atom is 0.269 e. The van der Waals surface area contributed by atoms with Crippen molar-refractivity contribution in [3.05, 3.63) is 98.5 Å². The summed E-state index contributed by atoms with van der Waals surface area (Å²) in [6.45, 7) is 0. The summed E-state index contributed by atoms with van der Waals surface area (Å²) in [5.41, 5.74) is 1.25. The quantitative estimate of drug-likeness (QED) is 0.296. The molecule has 2 aliphatic rings. The lowest BCUT2D eigenvalue weighted by molar-refractivity contribution is -0.384. The van der Waals surface area contributed by atoms with Gasteiger partial charge in [0.15, 0.2) is 6.10 Å². The van der Waals surface area contributed by atoms with Gasteiger partial charge in [-0.3, -0.25) is 24.5 Å². The monoisotopic (exact) mass is 483 g/mol. The van der Waals surface area contributed by atoms with Gasteiger partial charge in [-0.2, -0.15) is 0 Å². The molecule has 2 saturated heterocycles. The summed E-state index contributed by atoms with van der Waals surface area (Å²) in [5.74, 6) is -2.00. The molecule has 3 aromatic carbocycles. The summed E-state index contributed by atoms with van der Waals surface area (Å²) in [4.78, 5) is 44.6. The molecule has 3 atom stereocenters. The molecule has 3 aromatic rings. The van der Waals surface area contributed by atoms with Gasteiger partial charge >= 0.3 is 0 Å². The highest BCUT2D eigenvalue weighted by molar-refractivity contribution is 6.42. The first-order valence-corrected chi connectivity index (χ1v) is 10.7. The van der Waals surface area contributed by atoms with E-state index in [0.29, 0.717) is 11.3 Å². The zero-order valence-corrected chi connectivity index (χ0v) is 18.3. The van der Waals surface area contributed by atoms with Crippen LogP contribution in [-0.2, 0) is 14.4 Å². The van der Waals surface area contributed by atoms with Crippen LogP contribution < -0.4 is 9.96 Å². The fourth-order valence-electron chi connectivity index (χ4n) is 4.27. The fraction of sp³-hybridized carbons (Fsp3) is 0.130. The van der Waals surface area contributed by atoms with Crippen LogP contribution in [0, 0.1) is 16.0 Å². The molecule has 0 N–H and O–H groups in total. The van der Waals surface area contributed by atoms with Gasteiger partial charge in [0.2, 0.25) is 5.91 Å². The Bertz CT molecular complexity index is 1250. The minimum Gasteiger partial charge on any atom is -0.273 e. The van der Waals surface area contributed by atoms with Gasteiger partial charge in [-0.1, -0.05) is 59.6 Å². The summed E-state index contributed by atoms with van der Waals surface area (Å²) < 4.78 is 0. The van der Waals surface area contributed by atoms with Crippen LogP contribution in [0.15, 0.2) is 72.8 Å². The predicted octanol–water partition coefficient (Wildman–Crippen LogP) is 4.95. The van der Waals surface area contributed by atoms with Crippen LogP contribution in [0.25, 0.3) is 0 Å². The zero-order valence-electron chi connectivity index (χ0n) is 16.8. The number of hydrogen-bond acceptors (Lipinski definition) is 6. The lowest BCUT2D eigenvalue weighted by atomic mass is 9.90. The van der Waals surface area contributed by atoms with Crippen LogP contribution in [0.2, 0.25) is 10.0 Å². The second-order valence-electron chi connectivity index (χ2n) is 7.59. The van der Waals surface area contributed by atoms with E-state index in [1.54, 1.807) is 54.6 Å². The lowest BCUT2D eigenvalue weighted by Gasteiger charge is -2.29. The smallest absolute Gasteiger partial charge is 0.269 e. The van der Waals surface area contributed by atoms with Gasteiger partial charge in [-0.05, 0) is 29.8 Å². The number of hydroxylamine groups is 1. The van der Waals surface area contributed by atoms with E-state index in [1.165, 1.54) is 17.2 Å². The number of rotatable bonds is 4. The third-order valence-corrected chi connectivity index (χ3v) is 6.34. The molecule has 2 fully saturated rings. The fourth-order valence-corrected chi connectivity index (χ4v) is 4.83. The maximum atomic E-state index is 13.6. The van der Waals surface area contributed by atoms with Gasteiger partial charge in [-0.25, -0.2) is 9.96 Å². The first-order chi connectivity index (χ1) is 15.9. The number of nitro groups is 1. The lowest BCUT2D eigenvalue weighted by Crippen LogP contribution is -2.37. The molecule has 0 unspecified atom stereocenters. The molecule has 8 nitrogen and oxygen atoms in total. The summed E-state index contributed by atoms with van der Waals surface area (Å²) >= 11 is 12.6. The highest BCUT2D eigenvalue weighted by Gasteiger charge is 2.60. The Hall–Kier alpha value is -3.46. The molecule has 33 heavy (non-hydrogen) atoms. The normalized spacial score (nSPS) is 22.1. The number of fused-ring (bicyclic) bond motifs is 1. The number of imide groups is 1. The molecule has 2 aliphatic heterocycles. The van der Waals surface area contributed by atoms with Crippen molar-refractivity contribution in [2.24, 2.45) is 5.92 Å². The average molecular weight is 484 g/mol. The van der Waals surface area contributed by atoms with Crippen LogP contribution in [0.5, 0.6) is 0 Å². The van der Waals surface area contributed by atoms with E-state index in [4.69, 9.17) is 28.0 Å². The molecule has 0 spiro atoms. The van der Waals surface area contributed by atoms with Crippen LogP contribution in [0.1, 0.15) is 11.6 Å². The van der Waals surface area contributed by atoms with Gasteiger partial charge in [-0.15, -0.1) is 0 Å². The first kappa shape index (κ1) is 21.4. The number of hydrogen-bond donors (Lipinski definition) is 0. The molecule has 2 amide bonds. The van der Waals surface area contributed by atoms with Crippen molar-refractivity contribution in [2.75, 3.05) is 9.96 Å². The van der Waals surface area contributed by atoms with Gasteiger partial charge in [0, 0.05) is 12.1 Å². The van der Waals surface area contributed by atoms with Crippen molar-refractivity contribution < 1.29 is 19.3 Å². The van der Waals surface area contributed by atoms with Gasteiger partial charge < -0.3 is 0 Å². The number of carbonyl (C=O) groups is 2. The molecule has 10 heteroatoms. The van der Waals surface area contributed by atoms with E-state index in [0.717, 1.165) is 4.90 Å². The molecule has 5 rings (SSSR count). The summed E-state index contributed by atoms with van der Waals surface area (Å²) in [6.07, 6.45) is -1.11. The number of anilines is 2. The third kappa shape index (κ3) is 3.43. The van der Waals surface area contributed by atoms with E-state index in [9.17, 15) is 19.7 Å². The minimum atomic E-state index is -1.11. The van der Waals surface area contributed by atoms with E-state index in [1.807, 2.05) is 6.07 Å². The van der Waals surface area contributed by atoms with Crippen molar-refractivity contribution in [1.82, 2.24) is 0 Å². The number of benzene rings is 3. The second kappa shape index (κ2) is 8.15. The van der Waals surface area contributed by atoms with Crippen molar-refractivity contribution in [2.45, 2.75) is 12.1 Å². The second-order valence-corrected chi connectivity index (χ2v) is 8.40. The Morgan fingerprint density at radius 3 is 2.09 bits per heavy atom. The first-order valence-electron chi connectivity index (χ1n) is 9.95. The van der Waals surface area contributed by atoms with Crippen molar-refractivity contribution in [3.63, 3.8) is 0 Å². The average Bonchev–Trinajstić information content (AvgIpc) is 3.31. The highest BCUT2D eigenvalue weighted by atomic mass is 35.5. The number of para-hydroxylation sites is 2. The van der Waals surface area contributed by atoms with Crippen molar-refractivity contribution in [1.29, 1.82) is 0 Å². The largest absolute Gasteiger partial charge is 0.273 e. The third-order valence-electron chi connectivity index (χ3n) is 5.73. The Morgan fingerprint density at radius 2 is 1.48 bits per heavy atom. The van der Waals surface area contributed by atoms with Crippen LogP contribution in [0.4, 0.5) is 17.1 Å². The summed E-state index contributed by atoms with van der Waals surface area (Å²) in [6, 6.07) is 18.9. The molecule has 0 saturated carbocycles. The predicted molar refractivity (Wildman–Crippen MR) is 122 cm³/mol. The Balaban J connectivity index is 1.60. The van der Waals surface area contributed by atoms with Gasteiger partial charge in [0.25, 0.3) is 11.6 Å². The van der Waals surface area contributed by atoms with Crippen LogP contribution in [-0.4, -0.2) is 22.8 Å².